The van der Waals surface area contributed by atoms with E-state index in [1.807, 2.05) is 41.8 Å². The van der Waals surface area contributed by atoms with Gasteiger partial charge in [0.05, 0.1) is 12.0 Å². The van der Waals surface area contributed by atoms with E-state index in [2.05, 4.69) is 42.5 Å². The van der Waals surface area contributed by atoms with Crippen molar-refractivity contribution in [1.82, 2.24) is 19.7 Å². The summed E-state index contributed by atoms with van der Waals surface area (Å²) >= 11 is 0. The molecule has 0 spiro atoms. The van der Waals surface area contributed by atoms with Crippen molar-refractivity contribution in [3.63, 3.8) is 0 Å². The Morgan fingerprint density at radius 2 is 1.74 bits per heavy atom. The normalized spacial score (nSPS) is 21.6. The smallest absolute Gasteiger partial charge is 0.236 e. The second-order valence-electron chi connectivity index (χ2n) is 10.5. The SMILES string of the molecule is CN(C)CC(=O)N1CCCC(C)(C(=O)N2CCC(c3cccc(Cc4ccccc4)n3)CC2)C1. The summed E-state index contributed by atoms with van der Waals surface area (Å²) in [6.07, 6.45) is 4.45. The molecule has 3 heterocycles. The first-order valence-electron chi connectivity index (χ1n) is 12.6. The molecule has 1 unspecified atom stereocenters. The summed E-state index contributed by atoms with van der Waals surface area (Å²) in [6.45, 7) is 5.24. The minimum Gasteiger partial charge on any atom is -0.342 e. The molecular formula is C28H38N4O2. The first-order chi connectivity index (χ1) is 16.3. The molecule has 6 heteroatoms. The van der Waals surface area contributed by atoms with Crippen LogP contribution in [0.1, 0.15) is 55.5 Å². The molecule has 2 aliphatic heterocycles. The summed E-state index contributed by atoms with van der Waals surface area (Å²) in [6, 6.07) is 16.8. The topological polar surface area (TPSA) is 56.8 Å². The fourth-order valence-electron chi connectivity index (χ4n) is 5.39. The highest BCUT2D eigenvalue weighted by molar-refractivity contribution is 5.85. The average molecular weight is 463 g/mol. The van der Waals surface area contributed by atoms with Crippen molar-refractivity contribution in [3.8, 4) is 0 Å². The van der Waals surface area contributed by atoms with Gasteiger partial charge in [0.2, 0.25) is 11.8 Å². The number of nitrogens with zero attached hydrogens (tertiary/aromatic N) is 4. The van der Waals surface area contributed by atoms with Crippen molar-refractivity contribution in [3.05, 3.63) is 65.5 Å². The number of aromatic nitrogens is 1. The minimum absolute atomic E-state index is 0.115. The molecular weight excluding hydrogens is 424 g/mol. The maximum absolute atomic E-state index is 13.5. The van der Waals surface area contributed by atoms with Crippen LogP contribution >= 0.6 is 0 Å². The van der Waals surface area contributed by atoms with Crippen molar-refractivity contribution in [2.24, 2.45) is 5.41 Å². The van der Waals surface area contributed by atoms with E-state index in [4.69, 9.17) is 4.98 Å². The van der Waals surface area contributed by atoms with E-state index in [0.717, 1.165) is 63.1 Å². The van der Waals surface area contributed by atoms with Crippen LogP contribution in [0.4, 0.5) is 0 Å². The molecule has 4 rings (SSSR count). The van der Waals surface area contributed by atoms with Gasteiger partial charge in [-0.25, -0.2) is 0 Å². The van der Waals surface area contributed by atoms with Crippen LogP contribution in [0.15, 0.2) is 48.5 Å². The van der Waals surface area contributed by atoms with Gasteiger partial charge >= 0.3 is 0 Å². The maximum atomic E-state index is 13.5. The van der Waals surface area contributed by atoms with E-state index in [-0.39, 0.29) is 11.8 Å². The summed E-state index contributed by atoms with van der Waals surface area (Å²) in [5, 5.41) is 0. The number of hydrogen-bond donors (Lipinski definition) is 0. The Bertz CT molecular complexity index is 985. The highest BCUT2D eigenvalue weighted by atomic mass is 16.2. The van der Waals surface area contributed by atoms with E-state index in [1.165, 1.54) is 5.56 Å². The number of likely N-dealkylation sites (N-methyl/N-ethyl adjacent to an activating group) is 1. The van der Waals surface area contributed by atoms with Crippen molar-refractivity contribution in [2.45, 2.75) is 44.9 Å². The number of carbonyl (C=O) groups is 2. The molecule has 0 N–H and O–H groups in total. The second kappa shape index (κ2) is 10.7. The van der Waals surface area contributed by atoms with E-state index >= 15 is 0 Å². The van der Waals surface area contributed by atoms with Gasteiger partial charge in [0.15, 0.2) is 0 Å². The van der Waals surface area contributed by atoms with Gasteiger partial charge in [-0.1, -0.05) is 36.4 Å². The van der Waals surface area contributed by atoms with Crippen molar-refractivity contribution >= 4 is 11.8 Å². The molecule has 0 saturated carbocycles. The van der Waals surface area contributed by atoms with E-state index in [0.29, 0.717) is 19.0 Å². The lowest BCUT2D eigenvalue weighted by atomic mass is 9.79. The third-order valence-corrected chi connectivity index (χ3v) is 7.27. The molecule has 6 nitrogen and oxygen atoms in total. The zero-order chi connectivity index (χ0) is 24.1. The zero-order valence-electron chi connectivity index (χ0n) is 20.9. The molecule has 1 aromatic carbocycles. The number of pyridine rings is 1. The summed E-state index contributed by atoms with van der Waals surface area (Å²) in [7, 11) is 3.81. The van der Waals surface area contributed by atoms with Gasteiger partial charge in [0.25, 0.3) is 0 Å². The fraction of sp³-hybridized carbons (Fsp3) is 0.536. The molecule has 34 heavy (non-hydrogen) atoms. The summed E-state index contributed by atoms with van der Waals surface area (Å²) < 4.78 is 0. The third-order valence-electron chi connectivity index (χ3n) is 7.27. The van der Waals surface area contributed by atoms with Crippen LogP contribution in [0.25, 0.3) is 0 Å². The molecule has 2 amide bonds. The van der Waals surface area contributed by atoms with Gasteiger partial charge in [-0.15, -0.1) is 0 Å². The minimum atomic E-state index is -0.485. The Balaban J connectivity index is 1.35. The largest absolute Gasteiger partial charge is 0.342 e. The fourth-order valence-corrected chi connectivity index (χ4v) is 5.39. The van der Waals surface area contributed by atoms with Gasteiger partial charge in [-0.05, 0) is 64.4 Å². The van der Waals surface area contributed by atoms with Crippen LogP contribution in [0.3, 0.4) is 0 Å². The molecule has 2 fully saturated rings. The molecule has 2 aromatic rings. The maximum Gasteiger partial charge on any atom is 0.236 e. The van der Waals surface area contributed by atoms with Gasteiger partial charge in [0, 0.05) is 49.9 Å². The van der Waals surface area contributed by atoms with Gasteiger partial charge < -0.3 is 14.7 Å². The lowest BCUT2D eigenvalue weighted by molar-refractivity contribution is -0.149. The van der Waals surface area contributed by atoms with Crippen molar-refractivity contribution in [2.75, 3.05) is 46.8 Å². The van der Waals surface area contributed by atoms with Crippen LogP contribution < -0.4 is 0 Å². The zero-order valence-corrected chi connectivity index (χ0v) is 20.9. The number of benzene rings is 1. The van der Waals surface area contributed by atoms with Gasteiger partial charge in [0.1, 0.15) is 0 Å². The van der Waals surface area contributed by atoms with Gasteiger partial charge in [-0.2, -0.15) is 0 Å². The molecule has 0 radical (unpaired) electrons. The first-order valence-corrected chi connectivity index (χ1v) is 12.6. The highest BCUT2D eigenvalue weighted by Gasteiger charge is 2.42. The standard InChI is InChI=1S/C28H38N4O2/c1-28(15-8-16-32(21-28)26(33)20-30(2)3)27(34)31-17-13-23(14-18-31)25-12-7-11-24(29-25)19-22-9-5-4-6-10-22/h4-7,9-12,23H,8,13-21H2,1-3H3. The van der Waals surface area contributed by atoms with E-state index in [9.17, 15) is 9.59 Å². The number of hydrogen-bond acceptors (Lipinski definition) is 4. The third kappa shape index (κ3) is 5.84. The number of rotatable bonds is 6. The Kier molecular flexibility index (Phi) is 7.67. The first kappa shape index (κ1) is 24.4. The Hall–Kier alpha value is -2.73. The number of carbonyl (C=O) groups excluding carboxylic acids is 2. The van der Waals surface area contributed by atoms with Crippen LogP contribution in [0, 0.1) is 5.41 Å². The lowest BCUT2D eigenvalue weighted by Crippen LogP contribution is -2.55. The van der Waals surface area contributed by atoms with Crippen LogP contribution in [-0.4, -0.2) is 78.3 Å². The molecule has 2 aliphatic rings. The number of likely N-dealkylation sites (tertiary alicyclic amines) is 2. The quantitative estimate of drug-likeness (QED) is 0.659. The van der Waals surface area contributed by atoms with E-state index < -0.39 is 5.41 Å². The highest BCUT2D eigenvalue weighted by Crippen LogP contribution is 2.35. The second-order valence-corrected chi connectivity index (χ2v) is 10.5. The molecule has 2 saturated heterocycles. The van der Waals surface area contributed by atoms with Crippen molar-refractivity contribution < 1.29 is 9.59 Å². The number of piperidine rings is 2. The molecule has 1 atom stereocenters. The number of amides is 2. The molecule has 1 aromatic heterocycles. The summed E-state index contributed by atoms with van der Waals surface area (Å²) in [5.74, 6) is 0.708. The predicted molar refractivity (Wildman–Crippen MR) is 135 cm³/mol. The Labute approximate surface area is 204 Å². The van der Waals surface area contributed by atoms with E-state index in [1.54, 1.807) is 0 Å². The van der Waals surface area contributed by atoms with Gasteiger partial charge in [-0.3, -0.25) is 14.6 Å². The molecule has 0 aliphatic carbocycles. The predicted octanol–water partition coefficient (Wildman–Crippen LogP) is 3.57. The lowest BCUT2D eigenvalue weighted by Gasteiger charge is -2.43. The van der Waals surface area contributed by atoms with Crippen LogP contribution in [-0.2, 0) is 16.0 Å². The Morgan fingerprint density at radius 1 is 1.00 bits per heavy atom. The van der Waals surface area contributed by atoms with Crippen molar-refractivity contribution in [1.29, 1.82) is 0 Å². The summed E-state index contributed by atoms with van der Waals surface area (Å²) in [4.78, 5) is 36.9. The average Bonchev–Trinajstić information content (AvgIpc) is 2.84. The monoisotopic (exact) mass is 462 g/mol. The van der Waals surface area contributed by atoms with Crippen LogP contribution in [0.2, 0.25) is 0 Å². The van der Waals surface area contributed by atoms with Crippen LogP contribution in [0.5, 0.6) is 0 Å². The Morgan fingerprint density at radius 3 is 2.44 bits per heavy atom. The summed E-state index contributed by atoms with van der Waals surface area (Å²) in [5.41, 5.74) is 3.02. The molecule has 182 valence electrons. The molecule has 0 bridgehead atoms.